The Morgan fingerprint density at radius 1 is 2.00 bits per heavy atom. The molecule has 0 aliphatic rings. The fraction of sp³-hybridized carbons (Fsp3) is 0. The van der Waals surface area contributed by atoms with Gasteiger partial charge in [0.15, 0.2) is 0 Å². The Labute approximate surface area is 33.8 Å². The van der Waals surface area contributed by atoms with Crippen molar-refractivity contribution in [2.45, 2.75) is 0 Å². The monoisotopic (exact) mass is 113 g/mol. The molecule has 0 N–H and O–H groups in total. The summed E-state index contributed by atoms with van der Waals surface area (Å²) in [4.78, 5) is 0. The van der Waals surface area contributed by atoms with E-state index in [1.165, 1.54) is 0 Å². The van der Waals surface area contributed by atoms with Crippen LogP contribution in [-0.2, 0) is 0 Å². The van der Waals surface area contributed by atoms with Gasteiger partial charge in [-0.3, -0.25) is 0 Å². The van der Waals surface area contributed by atoms with Crippen molar-refractivity contribution in [1.82, 2.24) is 0 Å². The van der Waals surface area contributed by atoms with Gasteiger partial charge in [0.25, 0.3) is 0 Å². The summed E-state index contributed by atoms with van der Waals surface area (Å²) in [5.41, 5.74) is 0. The molecule has 4 heavy (non-hydrogen) atoms. The van der Waals surface area contributed by atoms with Crippen molar-refractivity contribution >= 4 is 28.8 Å². The number of nitrogens with zero attached hydrogens (tertiary/aromatic N) is 1. The lowest BCUT2D eigenvalue weighted by molar-refractivity contribution is 2.06. The zero-order chi connectivity index (χ0) is 3.41. The first-order chi connectivity index (χ1) is 1.91. The van der Waals surface area contributed by atoms with E-state index in [9.17, 15) is 0 Å². The van der Waals surface area contributed by atoms with Gasteiger partial charge in [-0.15, -0.1) is 0 Å². The Morgan fingerprint density at radius 2 is 2.25 bits per heavy atom. The van der Waals surface area contributed by atoms with Gasteiger partial charge in [0.1, 0.15) is 0 Å². The van der Waals surface area contributed by atoms with Crippen LogP contribution in [0.1, 0.15) is 0 Å². The molecule has 0 fully saturated rings. The van der Waals surface area contributed by atoms with Crippen molar-refractivity contribution < 1.29 is 0 Å². The highest BCUT2D eigenvalue weighted by Crippen LogP contribution is 2.09. The Morgan fingerprint density at radius 3 is 2.25 bits per heavy atom. The summed E-state index contributed by atoms with van der Waals surface area (Å²) in [7, 11) is 3.13. The third-order valence-electron chi connectivity index (χ3n) is 0.0436. The van der Waals surface area contributed by atoms with Crippen LogP contribution in [0.5, 0.6) is 0 Å². The highest BCUT2D eigenvalue weighted by atomic mass is 35.5. The van der Waals surface area contributed by atoms with Gasteiger partial charge in [-0.2, -0.15) is 4.26 Å². The van der Waals surface area contributed by atoms with Gasteiger partial charge in [0.2, 0.25) is 0 Å². The zero-order valence-electron chi connectivity index (χ0n) is 1.85. The third kappa shape index (κ3) is 2.82. The van der Waals surface area contributed by atoms with E-state index < -0.39 is 0 Å². The Balaban J connectivity index is 2.55. The Kier molecular flexibility index (Phi) is 4.60. The number of rotatable bonds is 0. The number of halogens is 1. The molecule has 0 aromatic rings. The van der Waals surface area contributed by atoms with Crippen molar-refractivity contribution in [3.63, 3.8) is 0 Å². The molecule has 0 aliphatic heterocycles. The summed E-state index contributed by atoms with van der Waals surface area (Å²) in [6, 6.07) is 0. The van der Waals surface area contributed by atoms with Gasteiger partial charge < -0.3 is 0 Å². The minimum Gasteiger partial charge on any atom is -0.157 e. The second kappa shape index (κ2) is 3.82. The minimum atomic E-state index is 0.806. The van der Waals surface area contributed by atoms with Crippen LogP contribution < -0.4 is 0 Å². The molecule has 0 heterocycles. The average Bonchev–Trinajstić information content (AvgIpc) is 1.37. The molecular formula is H2ClNP2. The number of hydrogen-bond donors (Lipinski definition) is 0. The number of hydrogen-bond acceptors (Lipinski definition) is 1. The largest absolute Gasteiger partial charge is 0.157 e. The molecule has 1 nitrogen and oxygen atoms in total. The smallest absolute Gasteiger partial charge is 0.0458 e. The molecule has 0 saturated heterocycles. The Bertz CT molecular complexity index is 21.2. The van der Waals surface area contributed by atoms with Crippen LogP contribution in [0.2, 0.25) is 0 Å². The highest BCUT2D eigenvalue weighted by molar-refractivity contribution is 7.97. The zero-order valence-corrected chi connectivity index (χ0v) is 4.65. The standard InChI is InChI=1S/ClH2NP2/c1-2-4-3/h3H2. The van der Waals surface area contributed by atoms with Gasteiger partial charge in [-0.25, -0.2) is 0 Å². The van der Waals surface area contributed by atoms with Crippen molar-refractivity contribution in [2.75, 3.05) is 0 Å². The van der Waals surface area contributed by atoms with Crippen LogP contribution >= 0.6 is 28.8 Å². The molecule has 0 bridgehead atoms. The molecule has 0 aromatic heterocycles. The first kappa shape index (κ1) is 4.82. The summed E-state index contributed by atoms with van der Waals surface area (Å²) in [6.45, 7) is 0. The molecule has 0 saturated carbocycles. The molecule has 1 atom stereocenters. The molecule has 0 aromatic carbocycles. The molecular weight excluding hydrogens is 111 g/mol. The van der Waals surface area contributed by atoms with Crippen molar-refractivity contribution in [2.24, 2.45) is 4.26 Å². The Hall–Kier alpha value is 0.820. The van der Waals surface area contributed by atoms with Crippen molar-refractivity contribution in [1.29, 1.82) is 0 Å². The summed E-state index contributed by atoms with van der Waals surface area (Å²) in [5, 5.41) is 0. The maximum absolute atomic E-state index is 4.78. The molecule has 24 valence electrons. The average molecular weight is 113 g/mol. The van der Waals surface area contributed by atoms with Crippen molar-refractivity contribution in [3.05, 3.63) is 0 Å². The molecule has 0 spiro atoms. The van der Waals surface area contributed by atoms with Crippen LogP contribution in [0, 0.1) is 0 Å². The second-order valence-corrected chi connectivity index (χ2v) is 1.72. The van der Waals surface area contributed by atoms with E-state index in [0.29, 0.717) is 0 Å². The lowest BCUT2D eigenvalue weighted by Gasteiger charge is -1.46. The lowest BCUT2D eigenvalue weighted by Crippen LogP contribution is -0.881. The normalized spacial score (nSPS) is 9.50. The predicted molar refractivity (Wildman–Crippen MR) is 24.9 cm³/mol. The molecule has 0 radical (unpaired) electrons. The molecule has 0 rings (SSSR count). The van der Waals surface area contributed by atoms with E-state index in [4.69, 9.17) is 11.8 Å². The van der Waals surface area contributed by atoms with E-state index in [-0.39, 0.29) is 0 Å². The molecule has 1 unspecified atom stereocenters. The van der Waals surface area contributed by atoms with Gasteiger partial charge >= 0.3 is 0 Å². The van der Waals surface area contributed by atoms with E-state index in [1.807, 2.05) is 0 Å². The van der Waals surface area contributed by atoms with Gasteiger partial charge in [-0.1, -0.05) is 8.93 Å². The molecule has 4 heteroatoms. The molecule has 0 amide bonds. The van der Waals surface area contributed by atoms with Gasteiger partial charge in [0.05, 0.1) is 0 Å². The van der Waals surface area contributed by atoms with E-state index >= 15 is 0 Å². The quantitative estimate of drug-likeness (QED) is 0.427. The van der Waals surface area contributed by atoms with Gasteiger partial charge in [-0.05, 0) is 0 Å². The third-order valence-corrected chi connectivity index (χ3v) is 1.18. The maximum atomic E-state index is 4.78. The van der Waals surface area contributed by atoms with E-state index in [0.717, 1.165) is 8.06 Å². The van der Waals surface area contributed by atoms with Crippen LogP contribution in [-0.4, -0.2) is 0 Å². The first-order valence-corrected chi connectivity index (χ1v) is 3.43. The van der Waals surface area contributed by atoms with Crippen LogP contribution in [0.3, 0.4) is 0 Å². The van der Waals surface area contributed by atoms with Crippen LogP contribution in [0.25, 0.3) is 0 Å². The summed E-state index contributed by atoms with van der Waals surface area (Å²) in [5.74, 6) is 0. The van der Waals surface area contributed by atoms with Crippen LogP contribution in [0.15, 0.2) is 4.26 Å². The topological polar surface area (TPSA) is 12.4 Å². The SMILES string of the molecule is PP=NCl. The summed E-state index contributed by atoms with van der Waals surface area (Å²) >= 11 is 4.78. The van der Waals surface area contributed by atoms with Crippen molar-refractivity contribution in [3.8, 4) is 0 Å². The maximum Gasteiger partial charge on any atom is 0.0458 e. The minimum absolute atomic E-state index is 0.806. The first-order valence-electron chi connectivity index (χ1n) is 0.627. The highest BCUT2D eigenvalue weighted by Gasteiger charge is 1.38. The lowest BCUT2D eigenvalue weighted by atomic mass is 13.9. The summed E-state index contributed by atoms with van der Waals surface area (Å²) < 4.78 is 3.14. The fourth-order valence-corrected chi connectivity index (χ4v) is 0. The van der Waals surface area contributed by atoms with E-state index in [2.05, 4.69) is 13.2 Å². The predicted octanol–water partition coefficient (Wildman–Crippen LogP) is 2.06. The van der Waals surface area contributed by atoms with Crippen LogP contribution in [0.4, 0.5) is 0 Å². The molecule has 0 aliphatic carbocycles. The second-order valence-electron chi connectivity index (χ2n) is 0.191. The van der Waals surface area contributed by atoms with Gasteiger partial charge in [0, 0.05) is 19.8 Å². The fourth-order valence-electron chi connectivity index (χ4n) is 0. The summed E-state index contributed by atoms with van der Waals surface area (Å²) in [6.07, 6.45) is 0. The van der Waals surface area contributed by atoms with E-state index in [1.54, 1.807) is 0 Å².